The summed E-state index contributed by atoms with van der Waals surface area (Å²) in [5, 5.41) is 3.14. The third-order valence-electron chi connectivity index (χ3n) is 4.01. The molecule has 3 aromatic rings. The minimum atomic E-state index is -0.139. The molecule has 27 heavy (non-hydrogen) atoms. The van der Waals surface area contributed by atoms with E-state index >= 15 is 0 Å². The number of ketones is 1. The van der Waals surface area contributed by atoms with Crippen LogP contribution in [0, 0.1) is 5.92 Å². The second-order valence-corrected chi connectivity index (χ2v) is 6.62. The summed E-state index contributed by atoms with van der Waals surface area (Å²) in [7, 11) is 1.64. The van der Waals surface area contributed by atoms with Crippen molar-refractivity contribution in [3.05, 3.63) is 71.8 Å². The Balaban J connectivity index is 1.76. The van der Waals surface area contributed by atoms with Crippen molar-refractivity contribution in [3.8, 4) is 5.75 Å². The Morgan fingerprint density at radius 1 is 1.07 bits per heavy atom. The Bertz CT molecular complexity index is 909. The molecule has 0 saturated carbocycles. The molecule has 6 nitrogen and oxygen atoms in total. The molecule has 0 saturated heterocycles. The molecule has 1 N–H and O–H groups in total. The van der Waals surface area contributed by atoms with Crippen LogP contribution >= 0.6 is 0 Å². The Morgan fingerprint density at radius 2 is 1.78 bits per heavy atom. The maximum atomic E-state index is 12.4. The van der Waals surface area contributed by atoms with Gasteiger partial charge in [-0.05, 0) is 42.2 Å². The number of hydrogen-bond acceptors (Lipinski definition) is 6. The van der Waals surface area contributed by atoms with E-state index in [1.165, 1.54) is 18.0 Å². The van der Waals surface area contributed by atoms with Gasteiger partial charge in [0.15, 0.2) is 5.78 Å². The number of methoxy groups -OCH3 is 1. The fraction of sp³-hybridized carbons (Fsp3) is 0.238. The van der Waals surface area contributed by atoms with Crippen LogP contribution in [0.2, 0.25) is 0 Å². The number of rotatable bonds is 7. The summed E-state index contributed by atoms with van der Waals surface area (Å²) in [5.41, 5.74) is 2.97. The van der Waals surface area contributed by atoms with Crippen LogP contribution in [-0.2, 0) is 6.42 Å². The van der Waals surface area contributed by atoms with E-state index in [4.69, 9.17) is 4.74 Å². The molecule has 2 aromatic heterocycles. The van der Waals surface area contributed by atoms with Crippen molar-refractivity contribution in [1.29, 1.82) is 0 Å². The summed E-state index contributed by atoms with van der Waals surface area (Å²) in [6.45, 7) is 4.36. The summed E-state index contributed by atoms with van der Waals surface area (Å²) in [5.74, 6) is 1.56. The van der Waals surface area contributed by atoms with Gasteiger partial charge in [-0.2, -0.15) is 0 Å². The fourth-order valence-corrected chi connectivity index (χ4v) is 2.74. The van der Waals surface area contributed by atoms with Gasteiger partial charge < -0.3 is 10.1 Å². The topological polar surface area (TPSA) is 77.0 Å². The van der Waals surface area contributed by atoms with E-state index in [1.807, 2.05) is 12.1 Å². The third kappa shape index (κ3) is 4.67. The molecule has 0 atom stereocenters. The van der Waals surface area contributed by atoms with Gasteiger partial charge in [0.1, 0.15) is 5.75 Å². The average Bonchev–Trinajstić information content (AvgIpc) is 2.69. The van der Waals surface area contributed by atoms with Crippen molar-refractivity contribution in [2.75, 3.05) is 12.4 Å². The van der Waals surface area contributed by atoms with Gasteiger partial charge in [-0.25, -0.2) is 9.97 Å². The summed E-state index contributed by atoms with van der Waals surface area (Å²) >= 11 is 0. The molecular weight excluding hydrogens is 340 g/mol. The number of nitrogens with zero attached hydrogens (tertiary/aromatic N) is 3. The normalized spacial score (nSPS) is 10.7. The maximum Gasteiger partial charge on any atom is 0.227 e. The summed E-state index contributed by atoms with van der Waals surface area (Å²) in [6.07, 6.45) is 7.17. The molecule has 0 bridgehead atoms. The molecule has 0 fully saturated rings. The van der Waals surface area contributed by atoms with Gasteiger partial charge in [0.25, 0.3) is 0 Å². The lowest BCUT2D eigenvalue weighted by Gasteiger charge is -2.13. The Labute approximate surface area is 158 Å². The molecule has 0 radical (unpaired) electrons. The lowest BCUT2D eigenvalue weighted by atomic mass is 10.0. The van der Waals surface area contributed by atoms with Crippen molar-refractivity contribution in [2.45, 2.75) is 20.3 Å². The van der Waals surface area contributed by atoms with Gasteiger partial charge in [-0.1, -0.05) is 19.9 Å². The Morgan fingerprint density at radius 3 is 2.41 bits per heavy atom. The predicted octanol–water partition coefficient (Wildman–Crippen LogP) is 4.05. The van der Waals surface area contributed by atoms with Crippen LogP contribution in [0.25, 0.3) is 0 Å². The molecule has 0 unspecified atom stereocenters. The number of ether oxygens (including phenoxy) is 1. The molecule has 1 aromatic carbocycles. The monoisotopic (exact) mass is 362 g/mol. The van der Waals surface area contributed by atoms with Crippen LogP contribution in [0.3, 0.4) is 0 Å². The van der Waals surface area contributed by atoms with Gasteiger partial charge in [-0.15, -0.1) is 0 Å². The van der Waals surface area contributed by atoms with Crippen molar-refractivity contribution in [1.82, 2.24) is 15.0 Å². The van der Waals surface area contributed by atoms with Gasteiger partial charge in [0.2, 0.25) is 5.95 Å². The summed E-state index contributed by atoms with van der Waals surface area (Å²) in [4.78, 5) is 24.8. The van der Waals surface area contributed by atoms with E-state index in [2.05, 4.69) is 40.2 Å². The molecule has 0 aliphatic rings. The first kappa shape index (κ1) is 18.5. The van der Waals surface area contributed by atoms with E-state index < -0.39 is 0 Å². The number of benzene rings is 1. The van der Waals surface area contributed by atoms with Crippen molar-refractivity contribution in [2.24, 2.45) is 5.92 Å². The Hall–Kier alpha value is -3.28. The molecule has 2 heterocycles. The second kappa shape index (κ2) is 8.40. The molecule has 0 amide bonds. The first-order chi connectivity index (χ1) is 13.1. The van der Waals surface area contributed by atoms with Crippen LogP contribution in [0.4, 0.5) is 11.6 Å². The fourth-order valence-electron chi connectivity index (χ4n) is 2.74. The number of nitrogens with one attached hydrogen (secondary N) is 1. The lowest BCUT2D eigenvalue weighted by Crippen LogP contribution is -2.05. The van der Waals surface area contributed by atoms with Crippen LogP contribution in [0.15, 0.2) is 55.1 Å². The van der Waals surface area contributed by atoms with Crippen molar-refractivity contribution >= 4 is 17.4 Å². The number of anilines is 2. The Kier molecular flexibility index (Phi) is 5.76. The molecule has 0 spiro atoms. The van der Waals surface area contributed by atoms with E-state index in [0.717, 1.165) is 17.9 Å². The summed E-state index contributed by atoms with van der Waals surface area (Å²) in [6, 6.07) is 9.36. The quantitative estimate of drug-likeness (QED) is 0.639. The number of carbonyl (C=O) groups is 1. The molecule has 3 rings (SSSR count). The molecule has 0 aliphatic carbocycles. The van der Waals surface area contributed by atoms with E-state index in [1.54, 1.807) is 31.6 Å². The van der Waals surface area contributed by atoms with Crippen LogP contribution in [0.5, 0.6) is 5.75 Å². The highest BCUT2D eigenvalue weighted by Crippen LogP contribution is 2.28. The molecule has 6 heteroatoms. The van der Waals surface area contributed by atoms with Gasteiger partial charge in [0.05, 0.1) is 18.4 Å². The number of hydrogen-bond donors (Lipinski definition) is 1. The zero-order valence-electron chi connectivity index (χ0n) is 15.6. The predicted molar refractivity (Wildman–Crippen MR) is 105 cm³/mol. The largest absolute Gasteiger partial charge is 0.495 e. The highest BCUT2D eigenvalue weighted by atomic mass is 16.5. The van der Waals surface area contributed by atoms with Crippen molar-refractivity contribution < 1.29 is 9.53 Å². The lowest BCUT2D eigenvalue weighted by molar-refractivity contribution is 0.103. The van der Waals surface area contributed by atoms with Gasteiger partial charge in [0, 0.05) is 30.4 Å². The van der Waals surface area contributed by atoms with E-state index in [9.17, 15) is 4.79 Å². The highest BCUT2D eigenvalue weighted by Gasteiger charge is 2.11. The number of carbonyl (C=O) groups excluding carboxylic acids is 1. The first-order valence-corrected chi connectivity index (χ1v) is 8.77. The molecule has 0 aliphatic heterocycles. The van der Waals surface area contributed by atoms with Crippen LogP contribution < -0.4 is 10.1 Å². The average molecular weight is 362 g/mol. The number of pyridine rings is 1. The van der Waals surface area contributed by atoms with E-state index in [-0.39, 0.29) is 5.78 Å². The van der Waals surface area contributed by atoms with Crippen molar-refractivity contribution in [3.63, 3.8) is 0 Å². The smallest absolute Gasteiger partial charge is 0.227 e. The minimum absolute atomic E-state index is 0.139. The zero-order valence-corrected chi connectivity index (χ0v) is 15.6. The second-order valence-electron chi connectivity index (χ2n) is 6.62. The third-order valence-corrected chi connectivity index (χ3v) is 4.01. The standard InChI is InChI=1S/C21H22N4O2/c1-14(2)10-15-4-5-18(19(11-15)27-3)25-21-23-12-17(13-24-21)20(26)16-6-8-22-9-7-16/h4-9,11-14H,10H2,1-3H3,(H,23,24,25). The first-order valence-electron chi connectivity index (χ1n) is 8.77. The molecule has 138 valence electrons. The molecular formula is C21H22N4O2. The maximum absolute atomic E-state index is 12.4. The highest BCUT2D eigenvalue weighted by molar-refractivity contribution is 6.08. The van der Waals surface area contributed by atoms with Gasteiger partial charge in [-0.3, -0.25) is 9.78 Å². The van der Waals surface area contributed by atoms with E-state index in [0.29, 0.717) is 23.0 Å². The van der Waals surface area contributed by atoms with Crippen LogP contribution in [0.1, 0.15) is 35.3 Å². The number of aromatic nitrogens is 3. The SMILES string of the molecule is COc1cc(CC(C)C)ccc1Nc1ncc(C(=O)c2ccncc2)cn1. The van der Waals surface area contributed by atoms with Gasteiger partial charge >= 0.3 is 0 Å². The zero-order chi connectivity index (χ0) is 19.2. The van der Waals surface area contributed by atoms with Crippen LogP contribution in [-0.4, -0.2) is 27.8 Å². The summed E-state index contributed by atoms with van der Waals surface area (Å²) < 4.78 is 5.48. The minimum Gasteiger partial charge on any atom is -0.495 e.